The van der Waals surface area contributed by atoms with E-state index in [1.54, 1.807) is 11.3 Å². The normalized spacial score (nSPS) is 40.3. The van der Waals surface area contributed by atoms with Crippen molar-refractivity contribution < 1.29 is 4.21 Å². The average molecular weight is 324 g/mol. The van der Waals surface area contributed by atoms with E-state index in [4.69, 9.17) is 0 Å². The Bertz CT molecular complexity index is 490. The predicted molar refractivity (Wildman–Crippen MR) is 89.0 cm³/mol. The minimum Gasteiger partial charge on any atom is -0.316 e. The quantitative estimate of drug-likeness (QED) is 0.896. The summed E-state index contributed by atoms with van der Waals surface area (Å²) in [5.74, 6) is 3.68. The smallest absolute Gasteiger partial charge is 0.0911 e. The van der Waals surface area contributed by atoms with Gasteiger partial charge in [0.2, 0.25) is 0 Å². The highest BCUT2D eigenvalue weighted by Gasteiger charge is 2.54. The van der Waals surface area contributed by atoms with Crippen molar-refractivity contribution in [2.24, 2.45) is 23.2 Å². The third-order valence-corrected chi connectivity index (χ3v) is 8.94. The average Bonchev–Trinajstić information content (AvgIpc) is 2.97. The van der Waals surface area contributed by atoms with E-state index in [2.05, 4.69) is 12.4 Å². The Balaban J connectivity index is 1.54. The second-order valence-corrected chi connectivity index (χ2v) is 10.2. The van der Waals surface area contributed by atoms with Gasteiger partial charge in [-0.15, -0.1) is 11.3 Å². The maximum atomic E-state index is 12.6. The van der Waals surface area contributed by atoms with Gasteiger partial charge in [0, 0.05) is 11.8 Å². The van der Waals surface area contributed by atoms with E-state index in [0.717, 1.165) is 27.7 Å². The zero-order valence-corrected chi connectivity index (χ0v) is 14.3. The predicted octanol–water partition coefficient (Wildman–Crippen LogP) is 3.66. The standard InChI is InChI=1S/C17H25NOS2/c1-18-15(11-21(19)16-3-2-4-20-16)17-8-12-5-13(9-17)7-14(6-12)10-17/h2-4,12-15,18H,5-11H2,1H3. The zero-order chi connectivity index (χ0) is 14.4. The maximum Gasteiger partial charge on any atom is 0.0911 e. The Morgan fingerprint density at radius 1 is 1.29 bits per heavy atom. The van der Waals surface area contributed by atoms with Crippen LogP contribution < -0.4 is 5.32 Å². The van der Waals surface area contributed by atoms with Crippen LogP contribution in [-0.4, -0.2) is 23.1 Å². The van der Waals surface area contributed by atoms with Crippen LogP contribution in [0, 0.1) is 23.2 Å². The molecule has 5 rings (SSSR count). The maximum absolute atomic E-state index is 12.6. The van der Waals surface area contributed by atoms with Crippen LogP contribution in [0.25, 0.3) is 0 Å². The third kappa shape index (κ3) is 2.53. The monoisotopic (exact) mass is 323 g/mol. The first-order valence-corrected chi connectivity index (χ1v) is 10.5. The molecule has 1 aromatic rings. The van der Waals surface area contributed by atoms with Crippen LogP contribution in [0.1, 0.15) is 38.5 Å². The lowest BCUT2D eigenvalue weighted by Crippen LogP contribution is -2.56. The summed E-state index contributed by atoms with van der Waals surface area (Å²) in [5.41, 5.74) is 0.441. The topological polar surface area (TPSA) is 29.1 Å². The van der Waals surface area contributed by atoms with Gasteiger partial charge in [-0.3, -0.25) is 4.21 Å². The number of hydrogen-bond acceptors (Lipinski definition) is 3. The molecule has 116 valence electrons. The van der Waals surface area contributed by atoms with E-state index in [0.29, 0.717) is 11.5 Å². The van der Waals surface area contributed by atoms with Gasteiger partial charge in [0.15, 0.2) is 0 Å². The fraction of sp³-hybridized carbons (Fsp3) is 0.765. The molecule has 2 nitrogen and oxygen atoms in total. The van der Waals surface area contributed by atoms with Gasteiger partial charge in [-0.1, -0.05) is 6.07 Å². The van der Waals surface area contributed by atoms with Crippen LogP contribution in [0.2, 0.25) is 0 Å². The highest BCUT2D eigenvalue weighted by molar-refractivity contribution is 7.87. The lowest BCUT2D eigenvalue weighted by molar-refractivity contribution is -0.0683. The van der Waals surface area contributed by atoms with Crippen molar-refractivity contribution in [2.45, 2.75) is 48.8 Å². The number of thiophene rings is 1. The molecule has 4 saturated carbocycles. The van der Waals surface area contributed by atoms with E-state index in [9.17, 15) is 4.21 Å². The van der Waals surface area contributed by atoms with Crippen LogP contribution in [0.5, 0.6) is 0 Å². The minimum atomic E-state index is -0.839. The lowest BCUT2D eigenvalue weighted by atomic mass is 9.48. The molecule has 0 aromatic carbocycles. The summed E-state index contributed by atoms with van der Waals surface area (Å²) in [6, 6.07) is 4.46. The van der Waals surface area contributed by atoms with Gasteiger partial charge < -0.3 is 5.32 Å². The van der Waals surface area contributed by atoms with Gasteiger partial charge >= 0.3 is 0 Å². The molecule has 0 spiro atoms. The summed E-state index contributed by atoms with van der Waals surface area (Å²) in [6.45, 7) is 0. The van der Waals surface area contributed by atoms with Crippen molar-refractivity contribution in [3.63, 3.8) is 0 Å². The largest absolute Gasteiger partial charge is 0.316 e. The molecule has 4 fully saturated rings. The molecule has 21 heavy (non-hydrogen) atoms. The van der Waals surface area contributed by atoms with E-state index < -0.39 is 10.8 Å². The Morgan fingerprint density at radius 3 is 2.38 bits per heavy atom. The summed E-state index contributed by atoms with van der Waals surface area (Å²) in [5, 5.41) is 5.60. The van der Waals surface area contributed by atoms with Crippen LogP contribution in [0.3, 0.4) is 0 Å². The van der Waals surface area contributed by atoms with E-state index in [1.165, 1.54) is 38.5 Å². The molecule has 4 aliphatic rings. The van der Waals surface area contributed by atoms with Crippen molar-refractivity contribution in [1.82, 2.24) is 5.32 Å². The highest BCUT2D eigenvalue weighted by Crippen LogP contribution is 2.61. The van der Waals surface area contributed by atoms with Crippen LogP contribution in [0.4, 0.5) is 0 Å². The summed E-state index contributed by atoms with van der Waals surface area (Å²) in [7, 11) is 1.24. The Hall–Kier alpha value is -0.190. The fourth-order valence-corrected chi connectivity index (χ4v) is 8.26. The number of hydrogen-bond donors (Lipinski definition) is 1. The zero-order valence-electron chi connectivity index (χ0n) is 12.7. The molecule has 0 aliphatic heterocycles. The second kappa shape index (κ2) is 5.47. The summed E-state index contributed by atoms with van der Waals surface area (Å²) >= 11 is 1.63. The van der Waals surface area contributed by atoms with Crippen molar-refractivity contribution in [1.29, 1.82) is 0 Å². The SMILES string of the molecule is CNC(CS(=O)c1cccs1)C12CC3CC(CC(C3)C1)C2. The molecule has 4 aliphatic carbocycles. The molecule has 2 unspecified atom stereocenters. The Kier molecular flexibility index (Phi) is 3.75. The molecule has 4 bridgehead atoms. The Morgan fingerprint density at radius 2 is 1.90 bits per heavy atom. The van der Waals surface area contributed by atoms with Crippen molar-refractivity contribution in [2.75, 3.05) is 12.8 Å². The van der Waals surface area contributed by atoms with Gasteiger partial charge in [0.25, 0.3) is 0 Å². The molecule has 2 atom stereocenters. The first kappa shape index (κ1) is 14.4. The van der Waals surface area contributed by atoms with Crippen molar-refractivity contribution >= 4 is 22.1 Å². The summed E-state index contributed by atoms with van der Waals surface area (Å²) < 4.78 is 13.7. The first-order chi connectivity index (χ1) is 10.2. The lowest BCUT2D eigenvalue weighted by Gasteiger charge is -2.59. The fourth-order valence-electron chi connectivity index (χ4n) is 5.80. The van der Waals surface area contributed by atoms with Crippen LogP contribution >= 0.6 is 11.3 Å². The van der Waals surface area contributed by atoms with Gasteiger partial charge in [0.05, 0.1) is 15.0 Å². The first-order valence-electron chi connectivity index (χ1n) is 8.28. The van der Waals surface area contributed by atoms with Gasteiger partial charge in [-0.25, -0.2) is 0 Å². The van der Waals surface area contributed by atoms with Crippen molar-refractivity contribution in [3.8, 4) is 0 Å². The van der Waals surface area contributed by atoms with Crippen LogP contribution in [0.15, 0.2) is 21.7 Å². The molecule has 1 aromatic heterocycles. The molecule has 4 heteroatoms. The molecular weight excluding hydrogens is 298 g/mol. The Labute approximate surface area is 134 Å². The molecule has 0 amide bonds. The third-order valence-electron chi connectivity index (χ3n) is 6.21. The van der Waals surface area contributed by atoms with E-state index >= 15 is 0 Å². The molecule has 0 radical (unpaired) electrons. The number of rotatable bonds is 5. The highest BCUT2D eigenvalue weighted by atomic mass is 32.2. The second-order valence-electron chi connectivity index (χ2n) is 7.57. The molecule has 1 heterocycles. The van der Waals surface area contributed by atoms with Gasteiger partial charge in [-0.2, -0.15) is 0 Å². The molecular formula is C17H25NOS2. The van der Waals surface area contributed by atoms with Gasteiger partial charge in [0.1, 0.15) is 0 Å². The van der Waals surface area contributed by atoms with Gasteiger partial charge in [-0.05, 0) is 80.2 Å². The minimum absolute atomic E-state index is 0.425. The van der Waals surface area contributed by atoms with Crippen molar-refractivity contribution in [3.05, 3.63) is 17.5 Å². The van der Waals surface area contributed by atoms with E-state index in [-0.39, 0.29) is 0 Å². The molecule has 1 N–H and O–H groups in total. The van der Waals surface area contributed by atoms with E-state index in [1.807, 2.05) is 17.5 Å². The molecule has 0 saturated heterocycles. The number of nitrogens with one attached hydrogen (secondary N) is 1. The summed E-state index contributed by atoms with van der Waals surface area (Å²) in [4.78, 5) is 0. The summed E-state index contributed by atoms with van der Waals surface area (Å²) in [6.07, 6.45) is 8.57. The van der Waals surface area contributed by atoms with Crippen LogP contribution in [-0.2, 0) is 10.8 Å².